The second-order valence-electron chi connectivity index (χ2n) is 3.90. The van der Waals surface area contributed by atoms with Gasteiger partial charge in [0.1, 0.15) is 5.69 Å². The first-order valence-corrected chi connectivity index (χ1v) is 6.95. The van der Waals surface area contributed by atoms with Crippen molar-refractivity contribution in [3.63, 3.8) is 0 Å². The van der Waals surface area contributed by atoms with Crippen molar-refractivity contribution in [2.24, 2.45) is 4.99 Å². The highest BCUT2D eigenvalue weighted by Gasteiger charge is 2.16. The Labute approximate surface area is 128 Å². The highest BCUT2D eigenvalue weighted by Crippen LogP contribution is 2.33. The van der Waals surface area contributed by atoms with Gasteiger partial charge in [-0.2, -0.15) is 0 Å². The van der Waals surface area contributed by atoms with Gasteiger partial charge in [-0.3, -0.25) is 0 Å². The van der Waals surface area contributed by atoms with Crippen LogP contribution in [0.4, 0.5) is 5.69 Å². The fourth-order valence-electron chi connectivity index (χ4n) is 1.71. The molecule has 0 amide bonds. The Bertz CT molecular complexity index is 688. The number of hydrogen-bond acceptors (Lipinski definition) is 3. The Hall–Kier alpha value is -1.23. The molecule has 3 nitrogen and oxygen atoms in total. The lowest BCUT2D eigenvalue weighted by molar-refractivity contribution is 0.258. The Balaban J connectivity index is 2.05. The van der Waals surface area contributed by atoms with Crippen LogP contribution in [0.15, 0.2) is 45.9 Å². The van der Waals surface area contributed by atoms with Crippen LogP contribution in [0.2, 0.25) is 10.0 Å². The first-order valence-electron chi connectivity index (χ1n) is 5.40. The average Bonchev–Trinajstić information content (AvgIpc) is 2.38. The number of amidine groups is 1. The molecular formula is C13H7BrCl2N2O. The monoisotopic (exact) mass is 356 g/mol. The van der Waals surface area contributed by atoms with Gasteiger partial charge in [-0.05, 0) is 36.4 Å². The van der Waals surface area contributed by atoms with Gasteiger partial charge in [0.05, 0.1) is 5.02 Å². The van der Waals surface area contributed by atoms with Gasteiger partial charge in [0.15, 0.2) is 11.6 Å². The molecule has 6 heteroatoms. The van der Waals surface area contributed by atoms with Crippen LogP contribution in [-0.4, -0.2) is 5.84 Å². The lowest BCUT2D eigenvalue weighted by atomic mass is 10.2. The molecule has 0 saturated carbocycles. The highest BCUT2D eigenvalue weighted by molar-refractivity contribution is 9.10. The van der Waals surface area contributed by atoms with E-state index < -0.39 is 0 Å². The molecule has 0 fully saturated rings. The molecule has 0 aliphatic carbocycles. The van der Waals surface area contributed by atoms with Crippen LogP contribution in [0, 0.1) is 0 Å². The first-order chi connectivity index (χ1) is 9.13. The Kier molecular flexibility index (Phi) is 3.39. The minimum Gasteiger partial charge on any atom is -0.378 e. The maximum atomic E-state index is 6.15. The average molecular weight is 358 g/mol. The van der Waals surface area contributed by atoms with E-state index in [4.69, 9.17) is 28.0 Å². The van der Waals surface area contributed by atoms with Crippen molar-refractivity contribution in [1.29, 1.82) is 0 Å². The van der Waals surface area contributed by atoms with Gasteiger partial charge in [0.2, 0.25) is 0 Å². The molecular weight excluding hydrogens is 351 g/mol. The van der Waals surface area contributed by atoms with Crippen molar-refractivity contribution in [3.05, 3.63) is 56.5 Å². The largest absolute Gasteiger partial charge is 0.378 e. The standard InChI is InChI=1S/C13H7BrCl2N2O/c14-7-1-4-11-12(5-7)19-18-13(17-11)9-3-2-8(15)6-10(9)16/h1-6H,(H,17,18). The molecule has 2 aromatic rings. The molecule has 19 heavy (non-hydrogen) atoms. The van der Waals surface area contributed by atoms with Crippen molar-refractivity contribution >= 4 is 50.7 Å². The summed E-state index contributed by atoms with van der Waals surface area (Å²) in [5.74, 6) is 1.21. The number of hydrogen-bond donors (Lipinski definition) is 1. The minimum atomic E-state index is 0.517. The zero-order valence-corrected chi connectivity index (χ0v) is 12.6. The van der Waals surface area contributed by atoms with Crippen molar-refractivity contribution in [3.8, 4) is 5.75 Å². The zero-order chi connectivity index (χ0) is 13.4. The van der Waals surface area contributed by atoms with Crippen LogP contribution < -0.4 is 10.3 Å². The third-order valence-electron chi connectivity index (χ3n) is 2.60. The summed E-state index contributed by atoms with van der Waals surface area (Å²) in [5.41, 5.74) is 4.26. The summed E-state index contributed by atoms with van der Waals surface area (Å²) in [5, 5.41) is 1.10. The molecule has 0 bridgehead atoms. The van der Waals surface area contributed by atoms with Gasteiger partial charge in [-0.25, -0.2) is 10.5 Å². The van der Waals surface area contributed by atoms with Crippen molar-refractivity contribution < 1.29 is 4.84 Å². The molecule has 0 radical (unpaired) electrons. The van der Waals surface area contributed by atoms with Crippen LogP contribution in [0.25, 0.3) is 0 Å². The molecule has 1 N–H and O–H groups in total. The topological polar surface area (TPSA) is 33.6 Å². The van der Waals surface area contributed by atoms with Gasteiger partial charge < -0.3 is 4.84 Å². The number of fused-ring (bicyclic) bond motifs is 1. The number of benzene rings is 2. The van der Waals surface area contributed by atoms with Crippen molar-refractivity contribution in [2.75, 3.05) is 0 Å². The zero-order valence-electron chi connectivity index (χ0n) is 9.45. The fraction of sp³-hybridized carbons (Fsp3) is 0. The van der Waals surface area contributed by atoms with E-state index in [2.05, 4.69) is 26.4 Å². The smallest absolute Gasteiger partial charge is 0.181 e. The summed E-state index contributed by atoms with van der Waals surface area (Å²) < 4.78 is 0.927. The van der Waals surface area contributed by atoms with Crippen LogP contribution >= 0.6 is 39.1 Å². The summed E-state index contributed by atoms with van der Waals surface area (Å²) >= 11 is 15.4. The molecule has 0 unspecified atom stereocenters. The Morgan fingerprint density at radius 1 is 1.11 bits per heavy atom. The molecule has 0 saturated heterocycles. The predicted octanol–water partition coefficient (Wildman–Crippen LogP) is 4.73. The number of hydroxylamine groups is 1. The van der Waals surface area contributed by atoms with Gasteiger partial charge in [0, 0.05) is 15.1 Å². The second-order valence-corrected chi connectivity index (χ2v) is 5.66. The predicted molar refractivity (Wildman–Crippen MR) is 80.6 cm³/mol. The van der Waals surface area contributed by atoms with E-state index in [0.717, 1.165) is 15.7 Å². The molecule has 1 aliphatic heterocycles. The van der Waals surface area contributed by atoms with E-state index in [1.807, 2.05) is 18.2 Å². The van der Waals surface area contributed by atoms with Gasteiger partial charge in [-0.1, -0.05) is 39.1 Å². The van der Waals surface area contributed by atoms with E-state index in [0.29, 0.717) is 21.6 Å². The first kappa shape index (κ1) is 12.8. The minimum absolute atomic E-state index is 0.517. The number of halogens is 3. The van der Waals surface area contributed by atoms with Crippen molar-refractivity contribution in [1.82, 2.24) is 5.48 Å². The van der Waals surface area contributed by atoms with Crippen molar-refractivity contribution in [2.45, 2.75) is 0 Å². The third kappa shape index (κ3) is 2.56. The molecule has 3 rings (SSSR count). The quantitative estimate of drug-likeness (QED) is 0.800. The van der Waals surface area contributed by atoms with E-state index >= 15 is 0 Å². The maximum absolute atomic E-state index is 6.15. The number of aliphatic imine (C=N–C) groups is 1. The third-order valence-corrected chi connectivity index (χ3v) is 3.64. The molecule has 0 aromatic heterocycles. The van der Waals surface area contributed by atoms with E-state index in [1.165, 1.54) is 0 Å². The van der Waals surface area contributed by atoms with Crippen LogP contribution in [0.3, 0.4) is 0 Å². The van der Waals surface area contributed by atoms with E-state index in [9.17, 15) is 0 Å². The lowest BCUT2D eigenvalue weighted by Crippen LogP contribution is -2.30. The maximum Gasteiger partial charge on any atom is 0.181 e. The Morgan fingerprint density at radius 2 is 1.95 bits per heavy atom. The summed E-state index contributed by atoms with van der Waals surface area (Å²) in [6.07, 6.45) is 0. The molecule has 2 aromatic carbocycles. The summed E-state index contributed by atoms with van der Waals surface area (Å²) in [7, 11) is 0. The normalized spacial score (nSPS) is 13.1. The highest BCUT2D eigenvalue weighted by atomic mass is 79.9. The number of rotatable bonds is 1. The van der Waals surface area contributed by atoms with Crippen LogP contribution in [-0.2, 0) is 0 Å². The van der Waals surface area contributed by atoms with E-state index in [1.54, 1.807) is 18.2 Å². The summed E-state index contributed by atoms with van der Waals surface area (Å²) in [4.78, 5) is 9.93. The summed E-state index contributed by atoms with van der Waals surface area (Å²) in [6.45, 7) is 0. The SMILES string of the molecule is Clc1ccc(C2=Nc3ccc(Br)cc3ON2)c(Cl)c1. The molecule has 0 spiro atoms. The molecule has 96 valence electrons. The lowest BCUT2D eigenvalue weighted by Gasteiger charge is -2.18. The Morgan fingerprint density at radius 3 is 2.74 bits per heavy atom. The molecule has 1 aliphatic rings. The molecule has 1 heterocycles. The number of nitrogens with zero attached hydrogens (tertiary/aromatic N) is 1. The van der Waals surface area contributed by atoms with Gasteiger partial charge >= 0.3 is 0 Å². The van der Waals surface area contributed by atoms with Gasteiger partial charge in [-0.15, -0.1) is 0 Å². The fourth-order valence-corrected chi connectivity index (χ4v) is 2.54. The van der Waals surface area contributed by atoms with E-state index in [-0.39, 0.29) is 0 Å². The second kappa shape index (κ2) is 5.04. The summed E-state index contributed by atoms with van der Waals surface area (Å²) in [6, 6.07) is 10.8. The number of nitrogens with one attached hydrogen (secondary N) is 1. The van der Waals surface area contributed by atoms with Crippen LogP contribution in [0.1, 0.15) is 5.56 Å². The van der Waals surface area contributed by atoms with Gasteiger partial charge in [0.25, 0.3) is 0 Å². The van der Waals surface area contributed by atoms with Crippen LogP contribution in [0.5, 0.6) is 5.75 Å². The molecule has 0 atom stereocenters.